The summed E-state index contributed by atoms with van der Waals surface area (Å²) in [6, 6.07) is 1.83. The van der Waals surface area contributed by atoms with Crippen LogP contribution >= 0.6 is 23.2 Å². The third-order valence-electron chi connectivity index (χ3n) is 5.70. The van der Waals surface area contributed by atoms with Crippen LogP contribution in [0.25, 0.3) is 5.83 Å². The van der Waals surface area contributed by atoms with Crippen LogP contribution in [0.2, 0.25) is 10.0 Å². The molecule has 0 fully saturated rings. The van der Waals surface area contributed by atoms with E-state index in [1.807, 2.05) is 0 Å². The van der Waals surface area contributed by atoms with E-state index in [1.165, 1.54) is 0 Å². The van der Waals surface area contributed by atoms with Gasteiger partial charge in [-0.3, -0.25) is 4.79 Å². The van der Waals surface area contributed by atoms with Crippen LogP contribution in [0.1, 0.15) is 58.3 Å². The maximum atomic E-state index is 15.0. The van der Waals surface area contributed by atoms with Gasteiger partial charge in [0.15, 0.2) is 15.6 Å². The molecule has 0 amide bonds. The molecule has 2 aromatic rings. The van der Waals surface area contributed by atoms with Crippen LogP contribution in [0.15, 0.2) is 36.4 Å². The number of rotatable bonds is 10. The molecule has 0 bridgehead atoms. The molecule has 0 saturated heterocycles. The Labute approximate surface area is 246 Å². The van der Waals surface area contributed by atoms with Gasteiger partial charge in [-0.2, -0.15) is 39.5 Å². The molecular formula is C25H18Cl2F12O3S. The van der Waals surface area contributed by atoms with Gasteiger partial charge in [0.05, 0.1) is 26.9 Å². The van der Waals surface area contributed by atoms with E-state index in [-0.39, 0.29) is 12.1 Å². The molecule has 0 heterocycles. The summed E-state index contributed by atoms with van der Waals surface area (Å²) < 4.78 is 184. The van der Waals surface area contributed by atoms with Crippen molar-refractivity contribution in [3.8, 4) is 0 Å². The van der Waals surface area contributed by atoms with Crippen molar-refractivity contribution in [2.75, 3.05) is 11.5 Å². The van der Waals surface area contributed by atoms with Crippen LogP contribution in [-0.2, 0) is 16.0 Å². The molecule has 0 radical (unpaired) electrons. The summed E-state index contributed by atoms with van der Waals surface area (Å²) in [6.45, 7) is 1.000. The smallest absolute Gasteiger partial charge is 0.294 e. The number of hydrogen-bond donors (Lipinski definition) is 0. The van der Waals surface area contributed by atoms with Crippen LogP contribution < -0.4 is 0 Å². The van der Waals surface area contributed by atoms with E-state index in [1.54, 1.807) is 0 Å². The molecule has 18 heteroatoms. The van der Waals surface area contributed by atoms with Gasteiger partial charge in [-0.05, 0) is 35.8 Å². The van der Waals surface area contributed by atoms with Crippen LogP contribution in [0, 0.1) is 5.92 Å². The summed E-state index contributed by atoms with van der Waals surface area (Å²) >= 11 is 11.2. The monoisotopic (exact) mass is 696 g/mol. The average Bonchev–Trinajstić information content (AvgIpc) is 2.77. The Morgan fingerprint density at radius 3 is 1.91 bits per heavy atom. The number of carbonyl (C=O) groups excluding carboxylic acids is 1. The lowest BCUT2D eigenvalue weighted by Gasteiger charge is -2.20. The number of hydrogen-bond acceptors (Lipinski definition) is 3. The third kappa shape index (κ3) is 10.3. The van der Waals surface area contributed by atoms with Crippen molar-refractivity contribution in [2.45, 2.75) is 44.2 Å². The Hall–Kier alpha value is -2.46. The molecule has 1 unspecified atom stereocenters. The maximum Gasteiger partial charge on any atom is 0.417 e. The predicted molar refractivity (Wildman–Crippen MR) is 134 cm³/mol. The average molecular weight is 697 g/mol. The van der Waals surface area contributed by atoms with Gasteiger partial charge < -0.3 is 0 Å². The molecule has 0 N–H and O–H groups in total. The van der Waals surface area contributed by atoms with Crippen LogP contribution in [0.5, 0.6) is 0 Å². The number of ketones is 1. The Morgan fingerprint density at radius 2 is 1.47 bits per heavy atom. The number of alkyl halides is 11. The molecule has 0 saturated carbocycles. The zero-order chi connectivity index (χ0) is 33.3. The van der Waals surface area contributed by atoms with Crippen molar-refractivity contribution >= 4 is 44.6 Å². The molecule has 240 valence electrons. The van der Waals surface area contributed by atoms with E-state index >= 15 is 4.39 Å². The van der Waals surface area contributed by atoms with Crippen LogP contribution in [0.3, 0.4) is 0 Å². The Bertz CT molecular complexity index is 1460. The van der Waals surface area contributed by atoms with Crippen LogP contribution in [-0.4, -0.2) is 38.1 Å². The predicted octanol–water partition coefficient (Wildman–Crippen LogP) is 9.79. The lowest BCUT2D eigenvalue weighted by molar-refractivity contribution is -0.140. The van der Waals surface area contributed by atoms with Gasteiger partial charge >= 0.3 is 18.5 Å². The Balaban J connectivity index is 2.49. The summed E-state index contributed by atoms with van der Waals surface area (Å²) in [5.74, 6) is -11.0. The van der Waals surface area contributed by atoms with Crippen LogP contribution in [0.4, 0.5) is 52.7 Å². The van der Waals surface area contributed by atoms with Crippen molar-refractivity contribution in [1.29, 1.82) is 0 Å². The minimum absolute atomic E-state index is 0.0113. The van der Waals surface area contributed by atoms with E-state index in [2.05, 4.69) is 0 Å². The van der Waals surface area contributed by atoms with Crippen molar-refractivity contribution in [1.82, 2.24) is 0 Å². The molecule has 3 nitrogen and oxygen atoms in total. The second-order valence-corrected chi connectivity index (χ2v) is 12.3. The van der Waals surface area contributed by atoms with Gasteiger partial charge in [0.2, 0.25) is 0 Å². The summed E-state index contributed by atoms with van der Waals surface area (Å²) in [5, 5.41) is -1.77. The van der Waals surface area contributed by atoms with E-state index in [0.717, 1.165) is 6.92 Å². The standard InChI is InChI=1S/C25H18Cl2F12O3S/c1-11(9-43(41,42)10-23(31,32)33)4-20(40)14-3-2-12(5-16(14)25(37,38)39)19(28)8-15(24(34,35)36)13-6-17(26)21(22(29)30)18(27)7-13/h2-3,5-8,11,15,22H,4,9-10H2,1H3/b19-8-/t11-,15?/m0/s1. The number of benzene rings is 2. The summed E-state index contributed by atoms with van der Waals surface area (Å²) in [4.78, 5) is 12.6. The number of sulfone groups is 1. The molecule has 0 aliphatic carbocycles. The topological polar surface area (TPSA) is 51.2 Å². The zero-order valence-electron chi connectivity index (χ0n) is 21.2. The Morgan fingerprint density at radius 1 is 0.930 bits per heavy atom. The number of allylic oxidation sites excluding steroid dienone is 1. The lowest BCUT2D eigenvalue weighted by atomic mass is 9.93. The van der Waals surface area contributed by atoms with Gasteiger partial charge in [0.25, 0.3) is 6.43 Å². The summed E-state index contributed by atoms with van der Waals surface area (Å²) in [7, 11) is -4.78. The highest BCUT2D eigenvalue weighted by atomic mass is 35.5. The van der Waals surface area contributed by atoms with Gasteiger partial charge in [0, 0.05) is 17.5 Å². The fourth-order valence-electron chi connectivity index (χ4n) is 4.01. The largest absolute Gasteiger partial charge is 0.417 e. The fraction of sp³-hybridized carbons (Fsp3) is 0.400. The summed E-state index contributed by atoms with van der Waals surface area (Å²) in [5.41, 5.74) is -5.96. The first-order chi connectivity index (χ1) is 19.3. The molecule has 0 aliphatic rings. The van der Waals surface area contributed by atoms with Crippen molar-refractivity contribution in [3.63, 3.8) is 0 Å². The van der Waals surface area contributed by atoms with E-state index in [0.29, 0.717) is 24.3 Å². The number of halogens is 14. The van der Waals surface area contributed by atoms with Crippen molar-refractivity contribution in [3.05, 3.63) is 74.3 Å². The first-order valence-electron chi connectivity index (χ1n) is 11.6. The SMILES string of the molecule is C[C@@H](CC(=O)c1ccc(/C(F)=C/C(c2cc(Cl)c(C(F)F)c(Cl)c2)C(F)(F)F)cc1C(F)(F)F)CS(=O)(=O)CC(F)(F)F. The third-order valence-corrected chi connectivity index (χ3v) is 8.17. The minimum atomic E-state index is -5.39. The molecule has 43 heavy (non-hydrogen) atoms. The van der Waals surface area contributed by atoms with Crippen molar-refractivity contribution in [2.24, 2.45) is 5.92 Å². The summed E-state index contributed by atoms with van der Waals surface area (Å²) in [6.07, 6.45) is -20.2. The first-order valence-corrected chi connectivity index (χ1v) is 14.1. The van der Waals surface area contributed by atoms with E-state index < -0.39 is 114 Å². The van der Waals surface area contributed by atoms with Gasteiger partial charge in [-0.15, -0.1) is 0 Å². The van der Waals surface area contributed by atoms with Crippen molar-refractivity contribution < 1.29 is 65.9 Å². The van der Waals surface area contributed by atoms with E-state index in [4.69, 9.17) is 23.2 Å². The second-order valence-electron chi connectivity index (χ2n) is 9.39. The number of carbonyl (C=O) groups is 1. The van der Waals surface area contributed by atoms with E-state index in [9.17, 15) is 61.5 Å². The number of Topliss-reactive ketones (excluding diaryl/α,β-unsaturated/α-hetero) is 1. The maximum absolute atomic E-state index is 15.0. The highest BCUT2D eigenvalue weighted by molar-refractivity contribution is 7.91. The molecule has 2 atom stereocenters. The zero-order valence-corrected chi connectivity index (χ0v) is 23.6. The quantitative estimate of drug-likeness (QED) is 0.184. The molecule has 0 spiro atoms. The first kappa shape index (κ1) is 36.7. The molecule has 0 aliphatic heterocycles. The highest BCUT2D eigenvalue weighted by Gasteiger charge is 2.41. The Kier molecular flexibility index (Phi) is 11.3. The fourth-order valence-corrected chi connectivity index (χ4v) is 6.28. The van der Waals surface area contributed by atoms with Gasteiger partial charge in [-0.25, -0.2) is 21.6 Å². The normalized spacial score (nSPS) is 15.1. The lowest BCUT2D eigenvalue weighted by Crippen LogP contribution is -2.28. The second kappa shape index (κ2) is 13.3. The molecule has 0 aromatic heterocycles. The van der Waals surface area contributed by atoms with Gasteiger partial charge in [0.1, 0.15) is 17.5 Å². The molecule has 2 rings (SSSR count). The van der Waals surface area contributed by atoms with Gasteiger partial charge in [-0.1, -0.05) is 42.3 Å². The minimum Gasteiger partial charge on any atom is -0.294 e. The molecular weight excluding hydrogens is 679 g/mol. The molecule has 2 aromatic carbocycles. The highest BCUT2D eigenvalue weighted by Crippen LogP contribution is 2.43.